The Balaban J connectivity index is 1.84. The molecule has 0 unspecified atom stereocenters. The summed E-state index contributed by atoms with van der Waals surface area (Å²) in [4.78, 5) is 4.43. The van der Waals surface area contributed by atoms with Crippen molar-refractivity contribution < 1.29 is 12.8 Å². The van der Waals surface area contributed by atoms with Gasteiger partial charge in [0.15, 0.2) is 5.76 Å². The van der Waals surface area contributed by atoms with E-state index in [9.17, 15) is 8.42 Å². The number of sulfonamides is 1. The maximum absolute atomic E-state index is 13.4. The molecule has 0 atom stereocenters. The molecule has 4 rings (SSSR count). The van der Waals surface area contributed by atoms with Crippen LogP contribution in [0.25, 0.3) is 22.8 Å². The van der Waals surface area contributed by atoms with Crippen LogP contribution in [0.2, 0.25) is 5.02 Å². The topological polar surface area (TPSA) is 63.4 Å². The molecule has 1 fully saturated rings. The lowest BCUT2D eigenvalue weighted by atomic mass is 10.2. The van der Waals surface area contributed by atoms with Crippen LogP contribution in [-0.2, 0) is 10.0 Å². The Labute approximate surface area is 170 Å². The number of nitrogens with zero attached hydrogens (tertiary/aromatic N) is 2. The van der Waals surface area contributed by atoms with Crippen molar-refractivity contribution in [3.63, 3.8) is 0 Å². The predicted octanol–water partition coefficient (Wildman–Crippen LogP) is 5.23. The van der Waals surface area contributed by atoms with Crippen molar-refractivity contribution in [2.45, 2.75) is 30.7 Å². The molecule has 0 aliphatic carbocycles. The van der Waals surface area contributed by atoms with Crippen LogP contribution in [0.3, 0.4) is 0 Å². The van der Waals surface area contributed by atoms with E-state index in [1.165, 1.54) is 4.31 Å². The van der Waals surface area contributed by atoms with Gasteiger partial charge in [-0.1, -0.05) is 42.6 Å². The van der Waals surface area contributed by atoms with Gasteiger partial charge < -0.3 is 4.42 Å². The van der Waals surface area contributed by atoms with Gasteiger partial charge in [0.1, 0.15) is 0 Å². The SMILES string of the molecule is O=S(=O)(c1nc(-c2ccccc2)oc1-c1ccc(Cl)cc1)N1CCCCCC1. The summed E-state index contributed by atoms with van der Waals surface area (Å²) in [6.07, 6.45) is 3.81. The smallest absolute Gasteiger partial charge is 0.264 e. The van der Waals surface area contributed by atoms with E-state index in [1.807, 2.05) is 30.3 Å². The van der Waals surface area contributed by atoms with Gasteiger partial charge in [0, 0.05) is 29.2 Å². The summed E-state index contributed by atoms with van der Waals surface area (Å²) in [6.45, 7) is 1.02. The van der Waals surface area contributed by atoms with E-state index in [-0.39, 0.29) is 10.8 Å². The Kier molecular flexibility index (Phi) is 5.53. The zero-order valence-electron chi connectivity index (χ0n) is 15.3. The normalized spacial score (nSPS) is 16.0. The number of halogens is 1. The molecule has 28 heavy (non-hydrogen) atoms. The Hall–Kier alpha value is -2.15. The molecule has 0 bridgehead atoms. The highest BCUT2D eigenvalue weighted by molar-refractivity contribution is 7.89. The summed E-state index contributed by atoms with van der Waals surface area (Å²) in [5, 5.41) is 0.541. The van der Waals surface area contributed by atoms with E-state index >= 15 is 0 Å². The Morgan fingerprint density at radius 3 is 2.14 bits per heavy atom. The van der Waals surface area contributed by atoms with Crippen molar-refractivity contribution in [3.8, 4) is 22.8 Å². The monoisotopic (exact) mass is 416 g/mol. The molecule has 0 spiro atoms. The zero-order valence-corrected chi connectivity index (χ0v) is 16.9. The minimum atomic E-state index is -3.77. The van der Waals surface area contributed by atoms with Crippen LogP contribution < -0.4 is 0 Å². The molecule has 5 nitrogen and oxygen atoms in total. The summed E-state index contributed by atoms with van der Waals surface area (Å²) >= 11 is 6.00. The van der Waals surface area contributed by atoms with Gasteiger partial charge in [0.05, 0.1) is 0 Å². The third-order valence-corrected chi connectivity index (χ3v) is 6.93. The molecule has 0 amide bonds. The number of aromatic nitrogens is 1. The summed E-state index contributed by atoms with van der Waals surface area (Å²) < 4.78 is 34.4. The van der Waals surface area contributed by atoms with Crippen molar-refractivity contribution >= 4 is 21.6 Å². The van der Waals surface area contributed by atoms with E-state index < -0.39 is 10.0 Å². The highest BCUT2D eigenvalue weighted by Gasteiger charge is 2.33. The van der Waals surface area contributed by atoms with E-state index in [4.69, 9.17) is 16.0 Å². The molecule has 1 aliphatic heterocycles. The van der Waals surface area contributed by atoms with Crippen molar-refractivity contribution in [2.24, 2.45) is 0 Å². The van der Waals surface area contributed by atoms with Gasteiger partial charge in [-0.05, 0) is 49.2 Å². The summed E-state index contributed by atoms with van der Waals surface area (Å²) in [5.74, 6) is 0.540. The number of rotatable bonds is 4. The average molecular weight is 417 g/mol. The van der Waals surface area contributed by atoms with Gasteiger partial charge in [-0.2, -0.15) is 9.29 Å². The van der Waals surface area contributed by atoms with Gasteiger partial charge in [0.25, 0.3) is 10.0 Å². The molecule has 1 saturated heterocycles. The Bertz CT molecular complexity index is 1040. The van der Waals surface area contributed by atoms with Crippen LogP contribution >= 0.6 is 11.6 Å². The van der Waals surface area contributed by atoms with Crippen LogP contribution in [0.5, 0.6) is 0 Å². The van der Waals surface area contributed by atoms with Crippen molar-refractivity contribution in [3.05, 3.63) is 59.6 Å². The Morgan fingerprint density at radius 2 is 1.50 bits per heavy atom. The molecule has 1 aromatic heterocycles. The molecule has 0 N–H and O–H groups in total. The largest absolute Gasteiger partial charge is 0.435 e. The fourth-order valence-electron chi connectivity index (χ4n) is 3.37. The number of oxazole rings is 1. The highest BCUT2D eigenvalue weighted by Crippen LogP contribution is 2.35. The molecule has 1 aliphatic rings. The van der Waals surface area contributed by atoms with Gasteiger partial charge in [0.2, 0.25) is 10.9 Å². The van der Waals surface area contributed by atoms with Crippen LogP contribution in [0.4, 0.5) is 0 Å². The van der Waals surface area contributed by atoms with Crippen LogP contribution in [-0.4, -0.2) is 30.8 Å². The fourth-order valence-corrected chi connectivity index (χ4v) is 5.07. The van der Waals surface area contributed by atoms with Gasteiger partial charge >= 0.3 is 0 Å². The van der Waals surface area contributed by atoms with Crippen LogP contribution in [0, 0.1) is 0 Å². The first kappa shape index (κ1) is 19.2. The average Bonchev–Trinajstić information content (AvgIpc) is 2.98. The molecule has 0 radical (unpaired) electrons. The molecule has 2 heterocycles. The second-order valence-electron chi connectivity index (χ2n) is 6.84. The number of hydrogen-bond donors (Lipinski definition) is 0. The molecule has 2 aromatic carbocycles. The van der Waals surface area contributed by atoms with Gasteiger partial charge in [-0.3, -0.25) is 0 Å². The third kappa shape index (κ3) is 3.85. The molecular formula is C21H21ClN2O3S. The summed E-state index contributed by atoms with van der Waals surface area (Å²) in [5.41, 5.74) is 1.36. The quantitative estimate of drug-likeness (QED) is 0.584. The second kappa shape index (κ2) is 8.07. The lowest BCUT2D eigenvalue weighted by molar-refractivity contribution is 0.421. The lowest BCUT2D eigenvalue weighted by Crippen LogP contribution is -2.32. The maximum atomic E-state index is 13.4. The van der Waals surface area contributed by atoms with Crippen molar-refractivity contribution in [1.82, 2.24) is 9.29 Å². The van der Waals surface area contributed by atoms with Crippen molar-refractivity contribution in [1.29, 1.82) is 0 Å². The van der Waals surface area contributed by atoms with Crippen molar-refractivity contribution in [2.75, 3.05) is 13.1 Å². The first-order valence-electron chi connectivity index (χ1n) is 9.38. The number of hydrogen-bond acceptors (Lipinski definition) is 4. The highest BCUT2D eigenvalue weighted by atomic mass is 35.5. The summed E-state index contributed by atoms with van der Waals surface area (Å²) in [7, 11) is -3.77. The van der Waals surface area contributed by atoms with E-state index in [0.29, 0.717) is 29.6 Å². The van der Waals surface area contributed by atoms with E-state index in [2.05, 4.69) is 4.98 Å². The minimum absolute atomic E-state index is 0.0319. The number of benzene rings is 2. The molecule has 7 heteroatoms. The van der Waals surface area contributed by atoms with Gasteiger partial charge in [-0.25, -0.2) is 8.42 Å². The fraction of sp³-hybridized carbons (Fsp3) is 0.286. The predicted molar refractivity (Wildman–Crippen MR) is 110 cm³/mol. The van der Waals surface area contributed by atoms with E-state index in [1.54, 1.807) is 24.3 Å². The summed E-state index contributed by atoms with van der Waals surface area (Å²) in [6, 6.07) is 16.2. The Morgan fingerprint density at radius 1 is 0.857 bits per heavy atom. The maximum Gasteiger partial charge on any atom is 0.264 e. The van der Waals surface area contributed by atoms with Crippen LogP contribution in [0.15, 0.2) is 64.0 Å². The van der Waals surface area contributed by atoms with E-state index in [0.717, 1.165) is 31.2 Å². The molecule has 0 saturated carbocycles. The standard InChI is InChI=1S/C21H21ClN2O3S/c22-18-12-10-16(11-13-18)19-21(23-20(27-19)17-8-4-3-5-9-17)28(25,26)24-14-6-1-2-7-15-24/h3-5,8-13H,1-2,6-7,14-15H2. The molecular weight excluding hydrogens is 396 g/mol. The molecule has 146 valence electrons. The second-order valence-corrected chi connectivity index (χ2v) is 9.13. The first-order valence-corrected chi connectivity index (χ1v) is 11.2. The van der Waals surface area contributed by atoms with Crippen LogP contribution in [0.1, 0.15) is 25.7 Å². The molecule has 3 aromatic rings. The zero-order chi connectivity index (χ0) is 19.6. The first-order chi connectivity index (χ1) is 13.6. The lowest BCUT2D eigenvalue weighted by Gasteiger charge is -2.18. The van der Waals surface area contributed by atoms with Gasteiger partial charge in [-0.15, -0.1) is 0 Å². The third-order valence-electron chi connectivity index (χ3n) is 4.87. The minimum Gasteiger partial charge on any atom is -0.435 e.